The molecular weight excluding hydrogens is 238 g/mol. The summed E-state index contributed by atoms with van der Waals surface area (Å²) in [4.78, 5) is 26.7. The minimum absolute atomic E-state index is 0.215. The summed E-state index contributed by atoms with van der Waals surface area (Å²) in [5.74, 6) is -1.46. The summed E-state index contributed by atoms with van der Waals surface area (Å²) in [6.45, 7) is 0. The molecule has 6 heteroatoms. The lowest BCUT2D eigenvalue weighted by atomic mass is 10.0. The number of hydrogen-bond acceptors (Lipinski definition) is 5. The van der Waals surface area contributed by atoms with E-state index in [1.807, 2.05) is 0 Å². The number of carboxylic acid groups (broad SMARTS) is 1. The van der Waals surface area contributed by atoms with Crippen LogP contribution >= 0.6 is 0 Å². The van der Waals surface area contributed by atoms with Gasteiger partial charge in [0, 0.05) is 6.42 Å². The fourth-order valence-corrected chi connectivity index (χ4v) is 1.60. The van der Waals surface area contributed by atoms with Crippen molar-refractivity contribution < 1.29 is 24.3 Å². The topological polar surface area (TPSA) is 85.2 Å². The number of oxime groups is 1. The zero-order valence-electron chi connectivity index (χ0n) is 9.62. The standard InChI is InChI=1S/C12H11NO5/c1-17-12(16)8-4-2-7(3-5-8)9-6-10(11(14)15)18-13-9/h2-5,10H,6H2,1H3,(H,14,15). The molecule has 1 aliphatic heterocycles. The number of methoxy groups -OCH3 is 1. The summed E-state index contributed by atoms with van der Waals surface area (Å²) in [5, 5.41) is 12.5. The van der Waals surface area contributed by atoms with Gasteiger partial charge in [0.25, 0.3) is 0 Å². The molecule has 94 valence electrons. The van der Waals surface area contributed by atoms with Crippen LogP contribution in [0, 0.1) is 0 Å². The first kappa shape index (κ1) is 12.1. The van der Waals surface area contributed by atoms with E-state index in [2.05, 4.69) is 9.89 Å². The number of carbonyl (C=O) groups excluding carboxylic acids is 1. The van der Waals surface area contributed by atoms with Crippen molar-refractivity contribution in [3.8, 4) is 0 Å². The van der Waals surface area contributed by atoms with Gasteiger partial charge in [-0.1, -0.05) is 17.3 Å². The molecule has 0 amide bonds. The number of ether oxygens (including phenoxy) is 1. The molecule has 18 heavy (non-hydrogen) atoms. The van der Waals surface area contributed by atoms with Gasteiger partial charge in [-0.3, -0.25) is 0 Å². The van der Waals surface area contributed by atoms with Crippen LogP contribution in [0.15, 0.2) is 29.4 Å². The van der Waals surface area contributed by atoms with E-state index in [4.69, 9.17) is 9.94 Å². The van der Waals surface area contributed by atoms with E-state index in [0.29, 0.717) is 11.3 Å². The Kier molecular flexibility index (Phi) is 3.27. The van der Waals surface area contributed by atoms with Gasteiger partial charge in [-0.2, -0.15) is 0 Å². The highest BCUT2D eigenvalue weighted by Gasteiger charge is 2.28. The Morgan fingerprint density at radius 2 is 2.06 bits per heavy atom. The second-order valence-corrected chi connectivity index (χ2v) is 3.74. The van der Waals surface area contributed by atoms with Gasteiger partial charge in [0.15, 0.2) is 0 Å². The van der Waals surface area contributed by atoms with Gasteiger partial charge in [0.1, 0.15) is 0 Å². The van der Waals surface area contributed by atoms with Crippen molar-refractivity contribution in [2.75, 3.05) is 7.11 Å². The maximum Gasteiger partial charge on any atom is 0.348 e. The zero-order chi connectivity index (χ0) is 13.1. The Labute approximate surface area is 103 Å². The van der Waals surface area contributed by atoms with Crippen molar-refractivity contribution >= 4 is 17.7 Å². The maximum atomic E-state index is 11.2. The van der Waals surface area contributed by atoms with E-state index in [0.717, 1.165) is 5.56 Å². The number of nitrogens with zero attached hydrogens (tertiary/aromatic N) is 1. The quantitative estimate of drug-likeness (QED) is 0.809. The fraction of sp³-hybridized carbons (Fsp3) is 0.250. The first-order chi connectivity index (χ1) is 8.61. The predicted octanol–water partition coefficient (Wildman–Crippen LogP) is 1.05. The molecule has 0 radical (unpaired) electrons. The molecular formula is C12H11NO5. The molecule has 1 unspecified atom stereocenters. The molecule has 1 heterocycles. The maximum absolute atomic E-state index is 11.2. The smallest absolute Gasteiger partial charge is 0.348 e. The minimum atomic E-state index is -1.04. The predicted molar refractivity (Wildman–Crippen MR) is 61.4 cm³/mol. The van der Waals surface area contributed by atoms with Crippen molar-refractivity contribution in [1.29, 1.82) is 0 Å². The molecule has 0 spiro atoms. The van der Waals surface area contributed by atoms with Crippen LogP contribution in [0.2, 0.25) is 0 Å². The summed E-state index contributed by atoms with van der Waals surface area (Å²) < 4.78 is 4.58. The average molecular weight is 249 g/mol. The van der Waals surface area contributed by atoms with Crippen LogP contribution < -0.4 is 0 Å². The third-order valence-electron chi connectivity index (χ3n) is 2.58. The van der Waals surface area contributed by atoms with E-state index in [-0.39, 0.29) is 6.42 Å². The Hall–Kier alpha value is -2.37. The zero-order valence-corrected chi connectivity index (χ0v) is 9.62. The Morgan fingerprint density at radius 1 is 1.39 bits per heavy atom. The highest BCUT2D eigenvalue weighted by atomic mass is 16.7. The molecule has 6 nitrogen and oxygen atoms in total. The van der Waals surface area contributed by atoms with E-state index in [9.17, 15) is 9.59 Å². The van der Waals surface area contributed by atoms with Crippen LogP contribution in [-0.4, -0.2) is 36.0 Å². The van der Waals surface area contributed by atoms with Crippen molar-refractivity contribution in [3.05, 3.63) is 35.4 Å². The molecule has 0 aromatic heterocycles. The molecule has 1 N–H and O–H groups in total. The largest absolute Gasteiger partial charge is 0.478 e. The Morgan fingerprint density at radius 3 is 2.56 bits per heavy atom. The number of aliphatic carboxylic acids is 1. The summed E-state index contributed by atoms with van der Waals surface area (Å²) in [5.41, 5.74) is 1.71. The minimum Gasteiger partial charge on any atom is -0.478 e. The highest BCUT2D eigenvalue weighted by molar-refractivity contribution is 6.04. The first-order valence-corrected chi connectivity index (χ1v) is 5.26. The molecule has 0 aliphatic carbocycles. The summed E-state index contributed by atoms with van der Waals surface area (Å²) in [6.07, 6.45) is -0.715. The molecule has 0 saturated carbocycles. The molecule has 0 fully saturated rings. The normalized spacial score (nSPS) is 17.8. The number of hydrogen-bond donors (Lipinski definition) is 1. The molecule has 1 aromatic carbocycles. The van der Waals surface area contributed by atoms with Crippen molar-refractivity contribution in [2.24, 2.45) is 5.16 Å². The summed E-state index contributed by atoms with van der Waals surface area (Å²) >= 11 is 0. The lowest BCUT2D eigenvalue weighted by Gasteiger charge is -2.02. The van der Waals surface area contributed by atoms with Crippen LogP contribution in [-0.2, 0) is 14.4 Å². The molecule has 2 rings (SSSR count). The van der Waals surface area contributed by atoms with Crippen LogP contribution in [0.1, 0.15) is 22.3 Å². The van der Waals surface area contributed by atoms with Crippen molar-refractivity contribution in [1.82, 2.24) is 0 Å². The third-order valence-corrected chi connectivity index (χ3v) is 2.58. The van der Waals surface area contributed by atoms with E-state index in [1.54, 1.807) is 24.3 Å². The lowest BCUT2D eigenvalue weighted by molar-refractivity contribution is -0.148. The van der Waals surface area contributed by atoms with Crippen LogP contribution in [0.25, 0.3) is 0 Å². The number of benzene rings is 1. The lowest BCUT2D eigenvalue weighted by Crippen LogP contribution is -2.19. The Bertz CT molecular complexity index is 506. The van der Waals surface area contributed by atoms with Crippen LogP contribution in [0.5, 0.6) is 0 Å². The van der Waals surface area contributed by atoms with Gasteiger partial charge in [-0.05, 0) is 17.7 Å². The highest BCUT2D eigenvalue weighted by Crippen LogP contribution is 2.17. The average Bonchev–Trinajstić information content (AvgIpc) is 2.88. The Balaban J connectivity index is 2.12. The van der Waals surface area contributed by atoms with Crippen LogP contribution in [0.3, 0.4) is 0 Å². The molecule has 0 saturated heterocycles. The number of carboxylic acids is 1. The first-order valence-electron chi connectivity index (χ1n) is 5.26. The summed E-state index contributed by atoms with van der Waals surface area (Å²) in [6, 6.07) is 6.55. The van der Waals surface area contributed by atoms with Gasteiger partial charge in [-0.25, -0.2) is 9.59 Å². The molecule has 0 bridgehead atoms. The van der Waals surface area contributed by atoms with Gasteiger partial charge >= 0.3 is 11.9 Å². The van der Waals surface area contributed by atoms with E-state index in [1.165, 1.54) is 7.11 Å². The monoisotopic (exact) mass is 249 g/mol. The fourth-order valence-electron chi connectivity index (χ4n) is 1.60. The van der Waals surface area contributed by atoms with Gasteiger partial charge in [-0.15, -0.1) is 0 Å². The van der Waals surface area contributed by atoms with Crippen molar-refractivity contribution in [2.45, 2.75) is 12.5 Å². The van der Waals surface area contributed by atoms with Gasteiger partial charge in [0.2, 0.25) is 6.10 Å². The number of carbonyl (C=O) groups is 2. The van der Waals surface area contributed by atoms with E-state index >= 15 is 0 Å². The third kappa shape index (κ3) is 2.32. The number of esters is 1. The van der Waals surface area contributed by atoms with Crippen LogP contribution in [0.4, 0.5) is 0 Å². The second-order valence-electron chi connectivity index (χ2n) is 3.74. The number of rotatable bonds is 3. The second kappa shape index (κ2) is 4.87. The SMILES string of the molecule is COC(=O)c1ccc(C2=NOC(C(=O)O)C2)cc1. The van der Waals surface area contributed by atoms with Gasteiger partial charge < -0.3 is 14.7 Å². The van der Waals surface area contributed by atoms with E-state index < -0.39 is 18.0 Å². The summed E-state index contributed by atoms with van der Waals surface area (Å²) in [7, 11) is 1.31. The molecule has 1 atom stereocenters. The van der Waals surface area contributed by atoms with Crippen molar-refractivity contribution in [3.63, 3.8) is 0 Å². The molecule has 1 aliphatic rings. The van der Waals surface area contributed by atoms with Gasteiger partial charge in [0.05, 0.1) is 18.4 Å². The molecule has 1 aromatic rings.